The highest BCUT2D eigenvalue weighted by Crippen LogP contribution is 2.26. The third-order valence-corrected chi connectivity index (χ3v) is 5.71. The van der Waals surface area contributed by atoms with Gasteiger partial charge in [-0.15, -0.1) is 5.10 Å². The maximum absolute atomic E-state index is 13.1. The van der Waals surface area contributed by atoms with Crippen LogP contribution in [0.25, 0.3) is 22.0 Å². The van der Waals surface area contributed by atoms with Crippen LogP contribution in [-0.4, -0.2) is 50.0 Å². The van der Waals surface area contributed by atoms with Gasteiger partial charge < -0.3 is 9.64 Å². The standard InChI is InChI=1S/C24H23N5O2/c1-28-22(15-21(27-28)17-7-3-2-4-8-17)24(30)29-13-11-19(12-14-29)31-23-20-10-6-5-9-18(20)16-25-26-23/h2-10,15-16,19H,11-14H2,1H3. The van der Waals surface area contributed by atoms with E-state index in [-0.39, 0.29) is 12.0 Å². The van der Waals surface area contributed by atoms with Crippen molar-refractivity contribution < 1.29 is 9.53 Å². The van der Waals surface area contributed by atoms with Crippen molar-refractivity contribution >= 4 is 16.7 Å². The van der Waals surface area contributed by atoms with Gasteiger partial charge in [0.05, 0.1) is 11.9 Å². The van der Waals surface area contributed by atoms with Gasteiger partial charge in [0.25, 0.3) is 5.91 Å². The van der Waals surface area contributed by atoms with Gasteiger partial charge in [-0.2, -0.15) is 10.2 Å². The van der Waals surface area contributed by atoms with Crippen molar-refractivity contribution in [3.63, 3.8) is 0 Å². The number of hydrogen-bond acceptors (Lipinski definition) is 5. The average Bonchev–Trinajstić information content (AvgIpc) is 3.21. The van der Waals surface area contributed by atoms with Gasteiger partial charge in [-0.05, 0) is 12.1 Å². The summed E-state index contributed by atoms with van der Waals surface area (Å²) in [6, 6.07) is 19.7. The summed E-state index contributed by atoms with van der Waals surface area (Å²) >= 11 is 0. The molecular formula is C24H23N5O2. The van der Waals surface area contributed by atoms with Crippen LogP contribution in [0.2, 0.25) is 0 Å². The Labute approximate surface area is 180 Å². The third kappa shape index (κ3) is 3.86. The molecule has 1 amide bonds. The number of hydrogen-bond donors (Lipinski definition) is 0. The number of fused-ring (bicyclic) bond motifs is 1. The Morgan fingerprint density at radius 2 is 1.77 bits per heavy atom. The summed E-state index contributed by atoms with van der Waals surface area (Å²) in [5.41, 5.74) is 2.40. The molecule has 31 heavy (non-hydrogen) atoms. The number of piperidine rings is 1. The highest BCUT2D eigenvalue weighted by atomic mass is 16.5. The summed E-state index contributed by atoms with van der Waals surface area (Å²) in [6.07, 6.45) is 3.25. The lowest BCUT2D eigenvalue weighted by atomic mass is 10.1. The minimum absolute atomic E-state index is 0.000540. The van der Waals surface area contributed by atoms with Crippen molar-refractivity contribution in [1.82, 2.24) is 24.9 Å². The number of amides is 1. The number of nitrogens with zero attached hydrogens (tertiary/aromatic N) is 5. The highest BCUT2D eigenvalue weighted by Gasteiger charge is 2.27. The van der Waals surface area contributed by atoms with Gasteiger partial charge in [0.2, 0.25) is 5.88 Å². The number of aryl methyl sites for hydroxylation is 1. The van der Waals surface area contributed by atoms with Gasteiger partial charge in [-0.25, -0.2) is 0 Å². The van der Waals surface area contributed by atoms with E-state index in [2.05, 4.69) is 15.3 Å². The van der Waals surface area contributed by atoms with Crippen molar-refractivity contribution in [2.24, 2.45) is 7.05 Å². The molecule has 0 atom stereocenters. The first kappa shape index (κ1) is 19.2. The predicted molar refractivity (Wildman–Crippen MR) is 118 cm³/mol. The molecule has 0 spiro atoms. The number of likely N-dealkylation sites (tertiary alicyclic amines) is 1. The first-order valence-corrected chi connectivity index (χ1v) is 10.4. The van der Waals surface area contributed by atoms with Crippen LogP contribution in [-0.2, 0) is 7.05 Å². The van der Waals surface area contributed by atoms with Crippen LogP contribution in [0.4, 0.5) is 0 Å². The lowest BCUT2D eigenvalue weighted by Crippen LogP contribution is -2.42. The lowest BCUT2D eigenvalue weighted by Gasteiger charge is -2.31. The van der Waals surface area contributed by atoms with E-state index in [1.165, 1.54) is 0 Å². The fourth-order valence-electron chi connectivity index (χ4n) is 4.00. The van der Waals surface area contributed by atoms with Gasteiger partial charge in [0, 0.05) is 49.3 Å². The number of ether oxygens (including phenoxy) is 1. The normalized spacial score (nSPS) is 14.7. The summed E-state index contributed by atoms with van der Waals surface area (Å²) < 4.78 is 7.82. The molecule has 0 N–H and O–H groups in total. The molecule has 7 nitrogen and oxygen atoms in total. The first-order valence-electron chi connectivity index (χ1n) is 10.4. The molecule has 2 aromatic heterocycles. The van der Waals surface area contributed by atoms with Crippen molar-refractivity contribution in [3.8, 4) is 17.1 Å². The predicted octanol–water partition coefficient (Wildman–Crippen LogP) is 3.71. The van der Waals surface area contributed by atoms with Crippen molar-refractivity contribution in [3.05, 3.63) is 72.6 Å². The zero-order valence-corrected chi connectivity index (χ0v) is 17.3. The molecule has 0 unspecified atom stereocenters. The van der Waals surface area contributed by atoms with Crippen LogP contribution in [0, 0.1) is 0 Å². The Bertz CT molecular complexity index is 1210. The van der Waals surface area contributed by atoms with E-state index in [0.717, 1.165) is 34.9 Å². The maximum atomic E-state index is 13.1. The van der Waals surface area contributed by atoms with Crippen molar-refractivity contribution in [2.45, 2.75) is 18.9 Å². The van der Waals surface area contributed by atoms with E-state index in [9.17, 15) is 4.79 Å². The number of aromatic nitrogens is 4. The third-order valence-electron chi connectivity index (χ3n) is 5.71. The smallest absolute Gasteiger partial charge is 0.272 e. The van der Waals surface area contributed by atoms with Crippen LogP contribution in [0.5, 0.6) is 5.88 Å². The second kappa shape index (κ2) is 8.18. The maximum Gasteiger partial charge on any atom is 0.272 e. The van der Waals surface area contributed by atoms with Gasteiger partial charge in [0.15, 0.2) is 0 Å². The zero-order valence-electron chi connectivity index (χ0n) is 17.3. The summed E-state index contributed by atoms with van der Waals surface area (Å²) in [7, 11) is 1.81. The molecule has 5 rings (SSSR count). The van der Waals surface area contributed by atoms with Crippen LogP contribution in [0.1, 0.15) is 23.3 Å². The summed E-state index contributed by atoms with van der Waals surface area (Å²) in [4.78, 5) is 15.0. The minimum Gasteiger partial charge on any atom is -0.473 e. The van der Waals surface area contributed by atoms with E-state index in [4.69, 9.17) is 4.74 Å². The summed E-state index contributed by atoms with van der Waals surface area (Å²) in [5.74, 6) is 0.558. The van der Waals surface area contributed by atoms with Crippen LogP contribution in [0.3, 0.4) is 0 Å². The molecule has 3 heterocycles. The molecular weight excluding hydrogens is 390 g/mol. The van der Waals surface area contributed by atoms with Crippen molar-refractivity contribution in [2.75, 3.05) is 13.1 Å². The minimum atomic E-state index is 0.000540. The fourth-order valence-corrected chi connectivity index (χ4v) is 4.00. The molecule has 4 aromatic rings. The topological polar surface area (TPSA) is 73.1 Å². The molecule has 7 heteroatoms. The van der Waals surface area contributed by atoms with E-state index < -0.39 is 0 Å². The molecule has 1 aliphatic heterocycles. The second-order valence-corrected chi connectivity index (χ2v) is 7.75. The molecule has 1 fully saturated rings. The lowest BCUT2D eigenvalue weighted by molar-refractivity contribution is 0.0579. The number of carbonyl (C=O) groups excluding carboxylic acids is 1. The quantitative estimate of drug-likeness (QED) is 0.510. The Hall–Kier alpha value is -3.74. The van der Waals surface area contributed by atoms with E-state index in [1.807, 2.05) is 72.6 Å². The molecule has 0 aliphatic carbocycles. The van der Waals surface area contributed by atoms with Crippen LogP contribution >= 0.6 is 0 Å². The molecule has 156 valence electrons. The second-order valence-electron chi connectivity index (χ2n) is 7.75. The SMILES string of the molecule is Cn1nc(-c2ccccc2)cc1C(=O)N1CCC(Oc2nncc3ccccc23)CC1. The zero-order chi connectivity index (χ0) is 21.2. The Balaban J connectivity index is 1.25. The Kier molecular flexibility index (Phi) is 5.08. The highest BCUT2D eigenvalue weighted by molar-refractivity contribution is 5.93. The van der Waals surface area contributed by atoms with E-state index in [1.54, 1.807) is 10.9 Å². The van der Waals surface area contributed by atoms with Gasteiger partial charge in [-0.3, -0.25) is 9.48 Å². The Morgan fingerprint density at radius 3 is 2.58 bits per heavy atom. The monoisotopic (exact) mass is 413 g/mol. The van der Waals surface area contributed by atoms with Gasteiger partial charge >= 0.3 is 0 Å². The number of carbonyl (C=O) groups is 1. The van der Waals surface area contributed by atoms with Gasteiger partial charge in [0.1, 0.15) is 11.8 Å². The largest absolute Gasteiger partial charge is 0.473 e. The summed E-state index contributed by atoms with van der Waals surface area (Å²) in [6.45, 7) is 1.26. The first-order chi connectivity index (χ1) is 15.2. The summed E-state index contributed by atoms with van der Waals surface area (Å²) in [5, 5.41) is 14.7. The fraction of sp³-hybridized carbons (Fsp3) is 0.250. The van der Waals surface area contributed by atoms with Crippen LogP contribution in [0.15, 0.2) is 66.9 Å². The van der Waals surface area contributed by atoms with Gasteiger partial charge in [-0.1, -0.05) is 48.5 Å². The Morgan fingerprint density at radius 1 is 1.03 bits per heavy atom. The van der Waals surface area contributed by atoms with E-state index >= 15 is 0 Å². The molecule has 2 aromatic carbocycles. The van der Waals surface area contributed by atoms with Crippen molar-refractivity contribution in [1.29, 1.82) is 0 Å². The molecule has 0 saturated carbocycles. The number of rotatable bonds is 4. The molecule has 0 radical (unpaired) electrons. The molecule has 1 aliphatic rings. The van der Waals surface area contributed by atoms with E-state index in [0.29, 0.717) is 24.7 Å². The average molecular weight is 413 g/mol. The molecule has 0 bridgehead atoms. The number of benzene rings is 2. The van der Waals surface area contributed by atoms with Crippen LogP contribution < -0.4 is 4.74 Å². The molecule has 1 saturated heterocycles.